The molecule has 0 radical (unpaired) electrons. The molecule has 2 aromatic heterocycles. The van der Waals surface area contributed by atoms with Crippen molar-refractivity contribution in [3.8, 4) is 17.6 Å². The fraction of sp³-hybridized carbons (Fsp3) is 0.0952. The van der Waals surface area contributed by atoms with Crippen molar-refractivity contribution in [2.45, 2.75) is 6.42 Å². The van der Waals surface area contributed by atoms with E-state index in [1.54, 1.807) is 18.5 Å². The minimum Gasteiger partial charge on any atom is -0.493 e. The Kier molecular flexibility index (Phi) is 3.60. The molecule has 0 spiro atoms. The second kappa shape index (κ2) is 6.25. The quantitative estimate of drug-likeness (QED) is 0.593. The highest BCUT2D eigenvalue weighted by atomic mass is 16.5. The van der Waals surface area contributed by atoms with E-state index in [9.17, 15) is 5.11 Å². The first-order valence-electron chi connectivity index (χ1n) is 8.72. The number of anilines is 2. The molecule has 0 atom stereocenters. The number of fused-ring (bicyclic) bond motifs is 2. The predicted octanol–water partition coefficient (Wildman–Crippen LogP) is 4.22. The molecule has 0 aliphatic carbocycles. The molecule has 4 aromatic rings. The largest absolute Gasteiger partial charge is 0.493 e. The summed E-state index contributed by atoms with van der Waals surface area (Å²) in [4.78, 5) is 14.7. The van der Waals surface area contributed by atoms with E-state index in [-0.39, 0.29) is 11.9 Å². The maximum absolute atomic E-state index is 10.1. The summed E-state index contributed by atoms with van der Waals surface area (Å²) in [5.41, 5.74) is 4.11. The molecule has 6 nitrogen and oxygen atoms in total. The van der Waals surface area contributed by atoms with Gasteiger partial charge in [-0.05, 0) is 48.4 Å². The molecule has 3 heterocycles. The maximum Gasteiger partial charge on any atom is 0.325 e. The smallest absolute Gasteiger partial charge is 0.325 e. The molecule has 132 valence electrons. The number of hydrogen-bond acceptors (Lipinski definition) is 6. The number of pyridine rings is 1. The molecule has 1 aliphatic heterocycles. The summed E-state index contributed by atoms with van der Waals surface area (Å²) in [6.45, 7) is 0.932. The summed E-state index contributed by atoms with van der Waals surface area (Å²) in [6.07, 6.45) is 4.10. The molecule has 0 saturated carbocycles. The van der Waals surface area contributed by atoms with Crippen LogP contribution in [0.25, 0.3) is 10.9 Å². The summed E-state index contributed by atoms with van der Waals surface area (Å²) in [5, 5.41) is 10.6. The van der Waals surface area contributed by atoms with Gasteiger partial charge in [0.05, 0.1) is 17.1 Å². The molecule has 0 fully saturated rings. The molecule has 2 aromatic carbocycles. The number of benzene rings is 2. The Morgan fingerprint density at radius 1 is 1.00 bits per heavy atom. The number of aromatic nitrogens is 3. The Morgan fingerprint density at radius 2 is 1.89 bits per heavy atom. The lowest BCUT2D eigenvalue weighted by Crippen LogP contribution is -2.12. The van der Waals surface area contributed by atoms with Gasteiger partial charge in [0.15, 0.2) is 0 Å². The van der Waals surface area contributed by atoms with Gasteiger partial charge < -0.3 is 14.7 Å². The second-order valence-corrected chi connectivity index (χ2v) is 6.35. The average Bonchev–Trinajstić information content (AvgIpc) is 3.12. The van der Waals surface area contributed by atoms with Crippen molar-refractivity contribution in [2.75, 3.05) is 11.4 Å². The molecule has 0 unspecified atom stereocenters. The summed E-state index contributed by atoms with van der Waals surface area (Å²) < 4.78 is 5.80. The van der Waals surface area contributed by atoms with Gasteiger partial charge in [-0.3, -0.25) is 4.98 Å². The van der Waals surface area contributed by atoms with Crippen molar-refractivity contribution in [1.29, 1.82) is 0 Å². The van der Waals surface area contributed by atoms with Gasteiger partial charge in [-0.15, -0.1) is 0 Å². The van der Waals surface area contributed by atoms with Crippen LogP contribution in [-0.2, 0) is 6.42 Å². The third-order valence-corrected chi connectivity index (χ3v) is 4.68. The molecule has 1 N–H and O–H groups in total. The summed E-state index contributed by atoms with van der Waals surface area (Å²) >= 11 is 0. The van der Waals surface area contributed by atoms with Crippen LogP contribution in [0.4, 0.5) is 11.4 Å². The van der Waals surface area contributed by atoms with Gasteiger partial charge in [-0.25, -0.2) is 0 Å². The van der Waals surface area contributed by atoms with Crippen molar-refractivity contribution in [1.82, 2.24) is 15.0 Å². The number of ether oxygens (including phenoxy) is 1. The van der Waals surface area contributed by atoms with Crippen molar-refractivity contribution < 1.29 is 9.84 Å². The van der Waals surface area contributed by atoms with E-state index >= 15 is 0 Å². The zero-order chi connectivity index (χ0) is 18.2. The van der Waals surface area contributed by atoms with Gasteiger partial charge >= 0.3 is 6.01 Å². The topological polar surface area (TPSA) is 71.4 Å². The van der Waals surface area contributed by atoms with Gasteiger partial charge in [0.1, 0.15) is 5.75 Å². The van der Waals surface area contributed by atoms with Crippen LogP contribution in [-0.4, -0.2) is 26.6 Å². The summed E-state index contributed by atoms with van der Waals surface area (Å²) in [7, 11) is 0. The van der Waals surface area contributed by atoms with Crippen LogP contribution in [0.15, 0.2) is 67.0 Å². The molecule has 27 heavy (non-hydrogen) atoms. The average molecular weight is 356 g/mol. The minimum atomic E-state index is -0.117. The van der Waals surface area contributed by atoms with Crippen LogP contribution in [0.1, 0.15) is 5.56 Å². The molecular formula is C21H16N4O2. The van der Waals surface area contributed by atoms with Crippen molar-refractivity contribution in [2.24, 2.45) is 0 Å². The molecule has 0 amide bonds. The van der Waals surface area contributed by atoms with Crippen LogP contribution in [0.5, 0.6) is 17.6 Å². The number of aromatic hydroxyl groups is 1. The molecule has 0 saturated heterocycles. The van der Waals surface area contributed by atoms with Gasteiger partial charge in [0, 0.05) is 24.1 Å². The van der Waals surface area contributed by atoms with E-state index in [0.717, 1.165) is 13.0 Å². The van der Waals surface area contributed by atoms with Gasteiger partial charge in [0.2, 0.25) is 5.88 Å². The van der Waals surface area contributed by atoms with Crippen LogP contribution < -0.4 is 9.64 Å². The van der Waals surface area contributed by atoms with E-state index in [1.807, 2.05) is 36.4 Å². The molecule has 6 heteroatoms. The third kappa shape index (κ3) is 2.81. The predicted molar refractivity (Wildman–Crippen MR) is 103 cm³/mol. The van der Waals surface area contributed by atoms with Crippen molar-refractivity contribution in [3.05, 3.63) is 72.6 Å². The lowest BCUT2D eigenvalue weighted by molar-refractivity contribution is 0.412. The Bertz CT molecular complexity index is 1130. The first-order valence-corrected chi connectivity index (χ1v) is 8.72. The van der Waals surface area contributed by atoms with Crippen molar-refractivity contribution >= 4 is 22.3 Å². The lowest BCUT2D eigenvalue weighted by Gasteiger charge is -2.19. The van der Waals surface area contributed by atoms with Crippen LogP contribution in [0.3, 0.4) is 0 Å². The second-order valence-electron chi connectivity index (χ2n) is 6.35. The highest BCUT2D eigenvalue weighted by molar-refractivity contribution is 5.82. The minimum absolute atomic E-state index is 0.103. The molecular weight excluding hydrogens is 340 g/mol. The summed E-state index contributed by atoms with van der Waals surface area (Å²) in [6, 6.07) is 18.1. The van der Waals surface area contributed by atoms with Crippen LogP contribution in [0.2, 0.25) is 0 Å². The standard InChI is InChI=1S/C21H16N4O2/c26-20-17-8-10-22-13-18(17)23-21(24-20)27-16-6-7-19-14(12-16)9-11-25(19)15-4-2-1-3-5-15/h1-8,10,12-13H,9,11H2,(H,23,24,26). The van der Waals surface area contributed by atoms with Gasteiger partial charge in [-0.2, -0.15) is 9.97 Å². The first-order chi connectivity index (χ1) is 13.3. The third-order valence-electron chi connectivity index (χ3n) is 4.68. The van der Waals surface area contributed by atoms with E-state index < -0.39 is 0 Å². The Hall–Kier alpha value is -3.67. The number of hydrogen-bond donors (Lipinski definition) is 1. The molecule has 5 rings (SSSR count). The van der Waals surface area contributed by atoms with E-state index in [2.05, 4.69) is 32.0 Å². The number of nitrogens with zero attached hydrogens (tertiary/aromatic N) is 4. The number of rotatable bonds is 3. The monoisotopic (exact) mass is 356 g/mol. The van der Waals surface area contributed by atoms with Crippen molar-refractivity contribution in [3.63, 3.8) is 0 Å². The highest BCUT2D eigenvalue weighted by Crippen LogP contribution is 2.37. The van der Waals surface area contributed by atoms with Gasteiger partial charge in [0.25, 0.3) is 0 Å². The van der Waals surface area contributed by atoms with E-state index in [1.165, 1.54) is 16.9 Å². The Labute approximate surface area is 155 Å². The zero-order valence-electron chi connectivity index (χ0n) is 14.4. The first kappa shape index (κ1) is 15.6. The SMILES string of the molecule is Oc1nc(Oc2ccc3c(c2)CCN3c2ccccc2)nc2cnccc12. The zero-order valence-corrected chi connectivity index (χ0v) is 14.4. The van der Waals surface area contributed by atoms with E-state index in [4.69, 9.17) is 4.74 Å². The van der Waals surface area contributed by atoms with Crippen LogP contribution >= 0.6 is 0 Å². The van der Waals surface area contributed by atoms with Gasteiger partial charge in [-0.1, -0.05) is 18.2 Å². The Balaban J connectivity index is 1.45. The fourth-order valence-corrected chi connectivity index (χ4v) is 3.41. The normalized spacial score (nSPS) is 13.0. The summed E-state index contributed by atoms with van der Waals surface area (Å²) in [5.74, 6) is 0.528. The molecule has 1 aliphatic rings. The lowest BCUT2D eigenvalue weighted by atomic mass is 10.1. The molecule has 0 bridgehead atoms. The maximum atomic E-state index is 10.1. The number of para-hydroxylation sites is 1. The fourth-order valence-electron chi connectivity index (χ4n) is 3.41. The van der Waals surface area contributed by atoms with Crippen LogP contribution in [0, 0.1) is 0 Å². The van der Waals surface area contributed by atoms with E-state index in [0.29, 0.717) is 16.7 Å². The Morgan fingerprint density at radius 3 is 2.78 bits per heavy atom. The highest BCUT2D eigenvalue weighted by Gasteiger charge is 2.21.